The van der Waals surface area contributed by atoms with Gasteiger partial charge in [-0.2, -0.15) is 0 Å². The van der Waals surface area contributed by atoms with Crippen LogP contribution >= 0.6 is 0 Å². The fourth-order valence-electron chi connectivity index (χ4n) is 7.67. The maximum atomic E-state index is 13.8. The number of unbranched alkanes of at least 4 members (excludes halogenated alkanes) is 2. The molecule has 3 aromatic carbocycles. The number of benzene rings is 3. The monoisotopic (exact) mass is 577 g/mol. The Morgan fingerprint density at radius 2 is 1.74 bits per heavy atom. The summed E-state index contributed by atoms with van der Waals surface area (Å²) < 4.78 is 6.30. The first-order valence-corrected chi connectivity index (χ1v) is 16.3. The molecule has 4 heterocycles. The Labute approximate surface area is 255 Å². The van der Waals surface area contributed by atoms with E-state index in [4.69, 9.17) is 4.74 Å². The lowest BCUT2D eigenvalue weighted by Gasteiger charge is -2.38. The number of fused-ring (bicyclic) bond motifs is 3. The SMILES string of the molecule is CCCCCN1CCC2(CC1)COc1cc3c(cc12)N(C(=O)c1ccc(-c2ccc(N4CCCC4=O)cc2C)cc1)CC3. The zero-order chi connectivity index (χ0) is 29.6. The number of anilines is 2. The smallest absolute Gasteiger partial charge is 0.258 e. The van der Waals surface area contributed by atoms with Crippen molar-refractivity contribution in [2.45, 2.75) is 70.6 Å². The largest absolute Gasteiger partial charge is 0.492 e. The first kappa shape index (κ1) is 28.1. The van der Waals surface area contributed by atoms with Crippen molar-refractivity contribution in [2.75, 3.05) is 49.1 Å². The van der Waals surface area contributed by atoms with Crippen LogP contribution in [0.2, 0.25) is 0 Å². The second-order valence-electron chi connectivity index (χ2n) is 13.0. The number of likely N-dealkylation sites (tertiary alicyclic amines) is 1. The zero-order valence-electron chi connectivity index (χ0n) is 25.7. The van der Waals surface area contributed by atoms with Gasteiger partial charge in [0.25, 0.3) is 5.91 Å². The van der Waals surface area contributed by atoms with E-state index in [0.29, 0.717) is 18.5 Å². The Kier molecular flexibility index (Phi) is 7.50. The first-order valence-electron chi connectivity index (χ1n) is 16.3. The van der Waals surface area contributed by atoms with Gasteiger partial charge in [0, 0.05) is 47.4 Å². The lowest BCUT2D eigenvalue weighted by Crippen LogP contribution is -2.43. The molecule has 0 unspecified atom stereocenters. The Balaban J connectivity index is 1.07. The molecule has 0 aromatic heterocycles. The van der Waals surface area contributed by atoms with Gasteiger partial charge >= 0.3 is 0 Å². The van der Waals surface area contributed by atoms with Crippen molar-refractivity contribution in [1.82, 2.24) is 4.90 Å². The average molecular weight is 578 g/mol. The molecule has 6 nitrogen and oxygen atoms in total. The maximum Gasteiger partial charge on any atom is 0.258 e. The van der Waals surface area contributed by atoms with Crippen LogP contribution in [0.4, 0.5) is 11.4 Å². The molecule has 0 N–H and O–H groups in total. The van der Waals surface area contributed by atoms with Crippen molar-refractivity contribution in [3.63, 3.8) is 0 Å². The third-order valence-electron chi connectivity index (χ3n) is 10.3. The lowest BCUT2D eigenvalue weighted by molar-refractivity contribution is -0.117. The molecule has 2 amide bonds. The van der Waals surface area contributed by atoms with Gasteiger partial charge in [-0.15, -0.1) is 0 Å². The molecule has 4 aliphatic rings. The van der Waals surface area contributed by atoms with E-state index in [2.05, 4.69) is 43.0 Å². The van der Waals surface area contributed by atoms with E-state index >= 15 is 0 Å². The fraction of sp³-hybridized carbons (Fsp3) is 0.459. The summed E-state index contributed by atoms with van der Waals surface area (Å²) in [5.74, 6) is 1.30. The molecule has 0 saturated carbocycles. The highest BCUT2D eigenvalue weighted by Crippen LogP contribution is 2.49. The van der Waals surface area contributed by atoms with Gasteiger partial charge in [0.15, 0.2) is 0 Å². The summed E-state index contributed by atoms with van der Waals surface area (Å²) in [6.45, 7) is 10.1. The molecule has 6 heteroatoms. The highest BCUT2D eigenvalue weighted by Gasteiger charge is 2.44. The summed E-state index contributed by atoms with van der Waals surface area (Å²) in [6, 6.07) is 18.8. The number of rotatable bonds is 7. The number of carbonyl (C=O) groups is 2. The Bertz CT molecular complexity index is 1540. The van der Waals surface area contributed by atoms with E-state index in [1.165, 1.54) is 36.9 Å². The molecule has 2 saturated heterocycles. The summed E-state index contributed by atoms with van der Waals surface area (Å²) in [4.78, 5) is 32.5. The van der Waals surface area contributed by atoms with Crippen LogP contribution < -0.4 is 14.5 Å². The molecule has 3 aromatic rings. The van der Waals surface area contributed by atoms with Gasteiger partial charge in [-0.05, 0) is 117 Å². The third-order valence-corrected chi connectivity index (χ3v) is 10.3. The first-order chi connectivity index (χ1) is 21.0. The van der Waals surface area contributed by atoms with Gasteiger partial charge in [0.05, 0.1) is 6.61 Å². The molecular formula is C37H43N3O3. The van der Waals surface area contributed by atoms with Gasteiger partial charge in [0.1, 0.15) is 5.75 Å². The van der Waals surface area contributed by atoms with Crippen LogP contribution in [0.15, 0.2) is 54.6 Å². The lowest BCUT2D eigenvalue weighted by atomic mass is 9.74. The highest BCUT2D eigenvalue weighted by molar-refractivity contribution is 6.07. The predicted molar refractivity (Wildman–Crippen MR) is 172 cm³/mol. The van der Waals surface area contributed by atoms with Gasteiger partial charge in [-0.25, -0.2) is 0 Å². The molecule has 224 valence electrons. The van der Waals surface area contributed by atoms with Crippen LogP contribution in [0, 0.1) is 6.92 Å². The summed E-state index contributed by atoms with van der Waals surface area (Å²) in [7, 11) is 0. The number of ether oxygens (including phenoxy) is 1. The van der Waals surface area contributed by atoms with Gasteiger partial charge in [-0.1, -0.05) is 38.0 Å². The fourth-order valence-corrected chi connectivity index (χ4v) is 7.67. The van der Waals surface area contributed by atoms with E-state index in [9.17, 15) is 9.59 Å². The number of nitrogens with zero attached hydrogens (tertiary/aromatic N) is 3. The molecule has 0 atom stereocenters. The summed E-state index contributed by atoms with van der Waals surface area (Å²) in [5.41, 5.74) is 8.66. The molecule has 43 heavy (non-hydrogen) atoms. The minimum absolute atomic E-state index is 0.0589. The van der Waals surface area contributed by atoms with Crippen molar-refractivity contribution in [3.8, 4) is 16.9 Å². The van der Waals surface area contributed by atoms with E-state index in [-0.39, 0.29) is 17.2 Å². The molecule has 7 rings (SSSR count). The Morgan fingerprint density at radius 3 is 2.47 bits per heavy atom. The second kappa shape index (κ2) is 11.5. The number of hydrogen-bond acceptors (Lipinski definition) is 4. The molecular weight excluding hydrogens is 534 g/mol. The number of hydrogen-bond donors (Lipinski definition) is 0. The molecule has 2 fully saturated rings. The van der Waals surface area contributed by atoms with Crippen molar-refractivity contribution in [2.24, 2.45) is 0 Å². The summed E-state index contributed by atoms with van der Waals surface area (Å²) in [6.07, 6.45) is 8.51. The minimum atomic E-state index is 0.0589. The zero-order valence-corrected chi connectivity index (χ0v) is 25.7. The highest BCUT2D eigenvalue weighted by atomic mass is 16.5. The number of piperidine rings is 1. The van der Waals surface area contributed by atoms with E-state index in [1.807, 2.05) is 40.1 Å². The van der Waals surface area contributed by atoms with Gasteiger partial charge in [-0.3, -0.25) is 9.59 Å². The van der Waals surface area contributed by atoms with Crippen LogP contribution in [-0.4, -0.2) is 56.0 Å². The average Bonchev–Trinajstić information content (AvgIpc) is 3.74. The van der Waals surface area contributed by atoms with Crippen molar-refractivity contribution in [1.29, 1.82) is 0 Å². The second-order valence-corrected chi connectivity index (χ2v) is 13.0. The standard InChI is InChI=1S/C37H43N3O3/c1-3-4-5-17-38-20-15-37(16-21-38)25-43-34-23-29-14-19-40(33(29)24-32(34)37)36(42)28-10-8-27(9-11-28)31-13-12-30(22-26(31)2)39-18-6-7-35(39)41/h8-13,22-24H,3-7,14-21,25H2,1-2H3. The van der Waals surface area contributed by atoms with Crippen LogP contribution in [0.25, 0.3) is 11.1 Å². The van der Waals surface area contributed by atoms with Crippen LogP contribution in [0.1, 0.15) is 78.9 Å². The normalized spacial score (nSPS) is 19.2. The number of aryl methyl sites for hydroxylation is 1. The Morgan fingerprint density at radius 1 is 0.930 bits per heavy atom. The summed E-state index contributed by atoms with van der Waals surface area (Å²) in [5, 5.41) is 0. The van der Waals surface area contributed by atoms with E-state index in [1.54, 1.807) is 0 Å². The van der Waals surface area contributed by atoms with E-state index in [0.717, 1.165) is 85.7 Å². The van der Waals surface area contributed by atoms with Crippen LogP contribution in [-0.2, 0) is 16.6 Å². The van der Waals surface area contributed by atoms with Gasteiger partial charge < -0.3 is 19.4 Å². The van der Waals surface area contributed by atoms with Gasteiger partial charge in [0.2, 0.25) is 5.91 Å². The van der Waals surface area contributed by atoms with Crippen molar-refractivity contribution in [3.05, 3.63) is 76.9 Å². The summed E-state index contributed by atoms with van der Waals surface area (Å²) >= 11 is 0. The topological polar surface area (TPSA) is 53.1 Å². The van der Waals surface area contributed by atoms with Crippen LogP contribution in [0.3, 0.4) is 0 Å². The Hall–Kier alpha value is -3.64. The van der Waals surface area contributed by atoms with Crippen molar-refractivity contribution >= 4 is 23.2 Å². The van der Waals surface area contributed by atoms with Crippen LogP contribution in [0.5, 0.6) is 5.75 Å². The van der Waals surface area contributed by atoms with E-state index < -0.39 is 0 Å². The molecule has 4 aliphatic heterocycles. The number of carbonyl (C=O) groups excluding carboxylic acids is 2. The molecule has 1 spiro atoms. The van der Waals surface area contributed by atoms with Crippen molar-refractivity contribution < 1.29 is 14.3 Å². The quantitative estimate of drug-likeness (QED) is 0.287. The predicted octanol–water partition coefficient (Wildman–Crippen LogP) is 6.91. The third kappa shape index (κ3) is 5.14. The molecule has 0 bridgehead atoms. The minimum Gasteiger partial charge on any atom is -0.492 e. The molecule has 0 aliphatic carbocycles. The number of amides is 2. The molecule has 0 radical (unpaired) electrons. The maximum absolute atomic E-state index is 13.8.